The van der Waals surface area contributed by atoms with Crippen LogP contribution in [0.4, 0.5) is 5.69 Å². The minimum Gasteiger partial charge on any atom is -0.325 e. The van der Waals surface area contributed by atoms with E-state index >= 15 is 0 Å². The van der Waals surface area contributed by atoms with Crippen molar-refractivity contribution in [1.29, 1.82) is 0 Å². The summed E-state index contributed by atoms with van der Waals surface area (Å²) in [4.78, 5) is 12.3. The third-order valence-corrected chi connectivity index (χ3v) is 5.88. The largest absolute Gasteiger partial charge is 0.325 e. The van der Waals surface area contributed by atoms with Gasteiger partial charge in [0.1, 0.15) is 0 Å². The fourth-order valence-corrected chi connectivity index (χ4v) is 4.35. The summed E-state index contributed by atoms with van der Waals surface area (Å²) < 4.78 is 27.5. The Kier molecular flexibility index (Phi) is 4.43. The molecule has 24 heavy (non-hydrogen) atoms. The molecule has 0 saturated heterocycles. The lowest BCUT2D eigenvalue weighted by Gasteiger charge is -2.12. The summed E-state index contributed by atoms with van der Waals surface area (Å²) in [5.41, 5.74) is 3.47. The maximum atomic E-state index is 12.5. The van der Waals surface area contributed by atoms with E-state index in [0.717, 1.165) is 16.8 Å². The first kappa shape index (κ1) is 16.7. The number of carbonyl (C=O) groups excluding carboxylic acids is 1. The molecule has 6 heteroatoms. The number of carbonyl (C=O) groups is 1. The fraction of sp³-hybridized carbons (Fsp3) is 0.278. The van der Waals surface area contributed by atoms with Gasteiger partial charge >= 0.3 is 0 Å². The van der Waals surface area contributed by atoms with Crippen LogP contribution in [0.25, 0.3) is 0 Å². The second-order valence-corrected chi connectivity index (χ2v) is 7.82. The zero-order valence-electron chi connectivity index (χ0n) is 13.7. The van der Waals surface area contributed by atoms with Gasteiger partial charge in [-0.25, -0.2) is 13.1 Å². The van der Waals surface area contributed by atoms with Crippen molar-refractivity contribution in [1.82, 2.24) is 4.72 Å². The Morgan fingerprint density at radius 2 is 1.88 bits per heavy atom. The van der Waals surface area contributed by atoms with Crippen LogP contribution in [0.3, 0.4) is 0 Å². The molecule has 0 spiro atoms. The lowest BCUT2D eigenvalue weighted by Crippen LogP contribution is -2.27. The Balaban J connectivity index is 1.69. The van der Waals surface area contributed by atoms with Gasteiger partial charge in [-0.3, -0.25) is 4.79 Å². The number of sulfonamides is 1. The van der Waals surface area contributed by atoms with Crippen molar-refractivity contribution < 1.29 is 13.2 Å². The summed E-state index contributed by atoms with van der Waals surface area (Å²) in [6.45, 7) is 3.91. The summed E-state index contributed by atoms with van der Waals surface area (Å²) in [6, 6.07) is 12.7. The number of benzene rings is 2. The lowest BCUT2D eigenvalue weighted by atomic mass is 9.97. The van der Waals surface area contributed by atoms with E-state index in [1.54, 1.807) is 19.1 Å². The Labute approximate surface area is 142 Å². The van der Waals surface area contributed by atoms with Gasteiger partial charge in [-0.2, -0.15) is 0 Å². The Morgan fingerprint density at radius 3 is 2.62 bits per heavy atom. The summed E-state index contributed by atoms with van der Waals surface area (Å²) in [5, 5.41) is 2.83. The van der Waals surface area contributed by atoms with Gasteiger partial charge in [-0.1, -0.05) is 35.9 Å². The molecule has 0 saturated carbocycles. The Morgan fingerprint density at radius 1 is 1.12 bits per heavy atom. The predicted molar refractivity (Wildman–Crippen MR) is 93.5 cm³/mol. The molecular formula is C18H20N2O3S. The van der Waals surface area contributed by atoms with Crippen LogP contribution in [-0.2, 0) is 14.8 Å². The Bertz CT molecular complexity index is 891. The molecule has 2 N–H and O–H groups in total. The predicted octanol–water partition coefficient (Wildman–Crippen LogP) is 2.71. The highest BCUT2D eigenvalue weighted by Crippen LogP contribution is 2.34. The van der Waals surface area contributed by atoms with Crippen LogP contribution >= 0.6 is 0 Å². The first-order chi connectivity index (χ1) is 11.4. The van der Waals surface area contributed by atoms with E-state index in [4.69, 9.17) is 0 Å². The van der Waals surface area contributed by atoms with Gasteiger partial charge in [0.2, 0.25) is 15.9 Å². The molecule has 0 aliphatic carbocycles. The number of fused-ring (bicyclic) bond motifs is 1. The maximum Gasteiger partial charge on any atom is 0.240 e. The van der Waals surface area contributed by atoms with E-state index in [9.17, 15) is 13.2 Å². The summed E-state index contributed by atoms with van der Waals surface area (Å²) in [5.74, 6) is -0.398. The molecule has 2 aromatic carbocycles. The van der Waals surface area contributed by atoms with Gasteiger partial charge in [0.05, 0.1) is 10.8 Å². The molecule has 5 nitrogen and oxygen atoms in total. The third-order valence-electron chi connectivity index (χ3n) is 4.26. The van der Waals surface area contributed by atoms with Crippen LogP contribution in [-0.4, -0.2) is 20.9 Å². The van der Waals surface area contributed by atoms with E-state index in [0.29, 0.717) is 12.0 Å². The third kappa shape index (κ3) is 3.20. The van der Waals surface area contributed by atoms with Crippen LogP contribution in [0.1, 0.15) is 29.0 Å². The zero-order valence-corrected chi connectivity index (χ0v) is 14.5. The number of anilines is 1. The molecule has 1 aliphatic heterocycles. The smallest absolute Gasteiger partial charge is 0.240 e. The van der Waals surface area contributed by atoms with Crippen molar-refractivity contribution in [3.05, 3.63) is 59.2 Å². The number of para-hydroxylation sites is 1. The standard InChI is InChI=1S/C18H20N2O3S/c1-12-7-8-17(13(2)11-12)24(22,23)19-10-9-15-14-5-3-4-6-16(14)20-18(15)21/h3-8,11,15,19H,9-10H2,1-2H3,(H,20,21). The maximum absolute atomic E-state index is 12.5. The molecule has 3 rings (SSSR count). The minimum atomic E-state index is -3.58. The van der Waals surface area contributed by atoms with Crippen molar-refractivity contribution >= 4 is 21.6 Å². The van der Waals surface area contributed by atoms with Gasteiger partial charge in [0, 0.05) is 12.2 Å². The molecule has 2 aromatic rings. The number of hydrogen-bond donors (Lipinski definition) is 2. The van der Waals surface area contributed by atoms with Crippen LogP contribution in [0.2, 0.25) is 0 Å². The molecule has 0 aromatic heterocycles. The molecule has 1 atom stereocenters. The van der Waals surface area contributed by atoms with Gasteiger partial charge < -0.3 is 5.32 Å². The van der Waals surface area contributed by atoms with Crippen LogP contribution in [0.5, 0.6) is 0 Å². The highest BCUT2D eigenvalue weighted by atomic mass is 32.2. The average Bonchev–Trinajstić information content (AvgIpc) is 2.83. The number of aryl methyl sites for hydroxylation is 2. The second-order valence-electron chi connectivity index (χ2n) is 6.08. The van der Waals surface area contributed by atoms with Gasteiger partial charge in [0.15, 0.2) is 0 Å². The summed E-state index contributed by atoms with van der Waals surface area (Å²) >= 11 is 0. The van der Waals surface area contributed by atoms with Crippen molar-refractivity contribution in [3.63, 3.8) is 0 Å². The van der Waals surface area contributed by atoms with Crippen LogP contribution in [0.15, 0.2) is 47.4 Å². The molecular weight excluding hydrogens is 324 g/mol. The topological polar surface area (TPSA) is 75.3 Å². The molecule has 1 amide bonds. The van der Waals surface area contributed by atoms with Crippen molar-refractivity contribution in [2.45, 2.75) is 31.1 Å². The van der Waals surface area contributed by atoms with Crippen molar-refractivity contribution in [3.8, 4) is 0 Å². The highest BCUT2D eigenvalue weighted by molar-refractivity contribution is 7.89. The summed E-state index contributed by atoms with van der Waals surface area (Å²) in [7, 11) is -3.58. The monoisotopic (exact) mass is 344 g/mol. The number of rotatable bonds is 5. The zero-order chi connectivity index (χ0) is 17.3. The number of nitrogens with one attached hydrogen (secondary N) is 2. The lowest BCUT2D eigenvalue weighted by molar-refractivity contribution is -0.117. The SMILES string of the molecule is Cc1ccc(S(=O)(=O)NCCC2C(=O)Nc3ccccc32)c(C)c1. The van der Waals surface area contributed by atoms with Gasteiger partial charge in [0.25, 0.3) is 0 Å². The second kappa shape index (κ2) is 6.37. The molecule has 0 fully saturated rings. The van der Waals surface area contributed by atoms with Crippen LogP contribution < -0.4 is 10.0 Å². The fourth-order valence-electron chi connectivity index (χ4n) is 3.08. The first-order valence-electron chi connectivity index (χ1n) is 7.85. The van der Waals surface area contributed by atoms with E-state index in [-0.39, 0.29) is 23.3 Å². The van der Waals surface area contributed by atoms with Crippen molar-refractivity contribution in [2.75, 3.05) is 11.9 Å². The summed E-state index contributed by atoms with van der Waals surface area (Å²) in [6.07, 6.45) is 0.424. The van der Waals surface area contributed by atoms with E-state index in [1.165, 1.54) is 0 Å². The average molecular weight is 344 g/mol. The molecule has 1 aliphatic rings. The molecule has 126 valence electrons. The molecule has 0 bridgehead atoms. The van der Waals surface area contributed by atoms with E-state index in [2.05, 4.69) is 10.0 Å². The van der Waals surface area contributed by atoms with Gasteiger partial charge in [-0.15, -0.1) is 0 Å². The van der Waals surface area contributed by atoms with Crippen molar-refractivity contribution in [2.24, 2.45) is 0 Å². The number of hydrogen-bond acceptors (Lipinski definition) is 3. The molecule has 0 radical (unpaired) electrons. The minimum absolute atomic E-state index is 0.0816. The molecule has 1 unspecified atom stereocenters. The van der Waals surface area contributed by atoms with Gasteiger partial charge in [-0.05, 0) is 43.5 Å². The molecule has 1 heterocycles. The number of amides is 1. The van der Waals surface area contributed by atoms with E-state index < -0.39 is 10.0 Å². The quantitative estimate of drug-likeness (QED) is 0.876. The van der Waals surface area contributed by atoms with E-state index in [1.807, 2.05) is 37.3 Å². The Hall–Kier alpha value is -2.18. The first-order valence-corrected chi connectivity index (χ1v) is 9.33. The van der Waals surface area contributed by atoms with Crippen LogP contribution in [0, 0.1) is 13.8 Å². The normalized spacial score (nSPS) is 16.8. The highest BCUT2D eigenvalue weighted by Gasteiger charge is 2.30.